The van der Waals surface area contributed by atoms with Gasteiger partial charge in [0.25, 0.3) is 0 Å². The second-order valence-electron chi connectivity index (χ2n) is 4.19. The zero-order valence-corrected chi connectivity index (χ0v) is 11.0. The number of phenols is 1. The maximum absolute atomic E-state index is 9.97. The molecule has 3 heteroatoms. The van der Waals surface area contributed by atoms with Crippen LogP contribution in [0, 0.1) is 0 Å². The number of allylic oxidation sites excluding steroid dienone is 1. The first-order chi connectivity index (χ1) is 8.24. The average Bonchev–Trinajstić information content (AvgIpc) is 2.35. The van der Waals surface area contributed by atoms with Crippen molar-refractivity contribution in [2.75, 3.05) is 0 Å². The molecular formula is C15H18ClNO. The van der Waals surface area contributed by atoms with Crippen molar-refractivity contribution in [2.24, 2.45) is 5.73 Å². The fraction of sp³-hybridized carbons (Fsp3) is 0.200. The monoisotopic (exact) mass is 263 g/mol. The molecule has 0 saturated heterocycles. The van der Waals surface area contributed by atoms with Gasteiger partial charge in [0.05, 0.1) is 0 Å². The van der Waals surface area contributed by atoms with Gasteiger partial charge >= 0.3 is 0 Å². The van der Waals surface area contributed by atoms with E-state index in [0.717, 1.165) is 29.2 Å². The lowest BCUT2D eigenvalue weighted by Gasteiger charge is -2.15. The molecule has 0 aliphatic heterocycles. The molecular weight excluding hydrogens is 246 g/mol. The number of halogens is 1. The molecule has 0 saturated carbocycles. The van der Waals surface area contributed by atoms with E-state index in [1.54, 1.807) is 6.07 Å². The Kier molecular flexibility index (Phi) is 5.20. The lowest BCUT2D eigenvalue weighted by atomic mass is 9.95. The Hall–Kier alpha value is -1.51. The third kappa shape index (κ3) is 2.84. The van der Waals surface area contributed by atoms with Crippen molar-refractivity contribution in [1.29, 1.82) is 0 Å². The maximum atomic E-state index is 9.97. The van der Waals surface area contributed by atoms with Crippen LogP contribution in [0.2, 0.25) is 0 Å². The number of benzene rings is 2. The maximum Gasteiger partial charge on any atom is 0.120 e. The third-order valence-electron chi connectivity index (χ3n) is 3.00. The van der Waals surface area contributed by atoms with Gasteiger partial charge < -0.3 is 10.8 Å². The van der Waals surface area contributed by atoms with E-state index in [1.165, 1.54) is 0 Å². The second kappa shape index (κ2) is 6.43. The number of nitrogens with two attached hydrogens (primary N) is 1. The molecule has 0 aromatic heterocycles. The molecule has 0 aliphatic rings. The zero-order chi connectivity index (χ0) is 12.3. The van der Waals surface area contributed by atoms with Crippen LogP contribution >= 0.6 is 12.4 Å². The van der Waals surface area contributed by atoms with E-state index in [0.29, 0.717) is 0 Å². The summed E-state index contributed by atoms with van der Waals surface area (Å²) < 4.78 is 0. The normalized spacial score (nSPS) is 11.8. The van der Waals surface area contributed by atoms with E-state index in [1.807, 2.05) is 36.4 Å². The van der Waals surface area contributed by atoms with Gasteiger partial charge in [0, 0.05) is 11.6 Å². The molecule has 0 amide bonds. The van der Waals surface area contributed by atoms with Gasteiger partial charge in [-0.3, -0.25) is 0 Å². The standard InChI is InChI=1S/C15H17NO.ClH/c1-2-3-8-13(16)15-12-7-5-4-6-11(12)9-10-14(15)17;/h2,4-7,9-10,13,17H,1,3,8,16H2;1H/t13-;/m0./s1. The predicted molar refractivity (Wildman–Crippen MR) is 79.2 cm³/mol. The Bertz CT molecular complexity index is 539. The topological polar surface area (TPSA) is 46.2 Å². The molecule has 0 heterocycles. The summed E-state index contributed by atoms with van der Waals surface area (Å²) in [6, 6.07) is 11.4. The molecule has 2 rings (SSSR count). The lowest BCUT2D eigenvalue weighted by molar-refractivity contribution is 0.460. The molecule has 96 valence electrons. The van der Waals surface area contributed by atoms with Crippen molar-refractivity contribution in [3.63, 3.8) is 0 Å². The van der Waals surface area contributed by atoms with Crippen LogP contribution in [0.4, 0.5) is 0 Å². The van der Waals surface area contributed by atoms with Crippen LogP contribution in [0.5, 0.6) is 5.75 Å². The molecule has 0 spiro atoms. The minimum Gasteiger partial charge on any atom is -0.508 e. The van der Waals surface area contributed by atoms with Crippen LogP contribution in [0.3, 0.4) is 0 Å². The van der Waals surface area contributed by atoms with Crippen LogP contribution in [0.1, 0.15) is 24.4 Å². The van der Waals surface area contributed by atoms with Crippen molar-refractivity contribution in [2.45, 2.75) is 18.9 Å². The van der Waals surface area contributed by atoms with Gasteiger partial charge in [-0.15, -0.1) is 19.0 Å². The van der Waals surface area contributed by atoms with Crippen molar-refractivity contribution in [3.05, 3.63) is 54.6 Å². The highest BCUT2D eigenvalue weighted by Gasteiger charge is 2.13. The minimum atomic E-state index is -0.154. The molecule has 2 nitrogen and oxygen atoms in total. The summed E-state index contributed by atoms with van der Waals surface area (Å²) in [4.78, 5) is 0. The number of hydrogen-bond acceptors (Lipinski definition) is 2. The third-order valence-corrected chi connectivity index (χ3v) is 3.00. The van der Waals surface area contributed by atoms with Crippen molar-refractivity contribution in [1.82, 2.24) is 0 Å². The molecule has 2 aromatic carbocycles. The van der Waals surface area contributed by atoms with Gasteiger partial charge in [0.2, 0.25) is 0 Å². The van der Waals surface area contributed by atoms with Crippen LogP contribution in [-0.4, -0.2) is 5.11 Å². The SMILES string of the molecule is C=CCC[C@H](N)c1c(O)ccc2ccccc12.Cl. The van der Waals surface area contributed by atoms with Gasteiger partial charge in [-0.1, -0.05) is 36.4 Å². The quantitative estimate of drug-likeness (QED) is 0.821. The summed E-state index contributed by atoms with van der Waals surface area (Å²) in [7, 11) is 0. The van der Waals surface area contributed by atoms with E-state index < -0.39 is 0 Å². The van der Waals surface area contributed by atoms with Crippen molar-refractivity contribution in [3.8, 4) is 5.75 Å². The summed E-state index contributed by atoms with van der Waals surface area (Å²) >= 11 is 0. The smallest absolute Gasteiger partial charge is 0.120 e. The molecule has 0 fully saturated rings. The number of rotatable bonds is 4. The highest BCUT2D eigenvalue weighted by atomic mass is 35.5. The van der Waals surface area contributed by atoms with Gasteiger partial charge in [-0.05, 0) is 29.7 Å². The highest BCUT2D eigenvalue weighted by Crippen LogP contribution is 2.33. The number of aromatic hydroxyl groups is 1. The van der Waals surface area contributed by atoms with Gasteiger partial charge in [0.15, 0.2) is 0 Å². The Labute approximate surface area is 114 Å². The summed E-state index contributed by atoms with van der Waals surface area (Å²) in [6.45, 7) is 3.69. The summed E-state index contributed by atoms with van der Waals surface area (Å²) in [6.07, 6.45) is 3.50. The first-order valence-electron chi connectivity index (χ1n) is 5.81. The number of hydrogen-bond donors (Lipinski definition) is 2. The van der Waals surface area contributed by atoms with E-state index in [4.69, 9.17) is 5.73 Å². The zero-order valence-electron chi connectivity index (χ0n) is 10.2. The van der Waals surface area contributed by atoms with Crippen LogP contribution in [0.25, 0.3) is 10.8 Å². The summed E-state index contributed by atoms with van der Waals surface area (Å²) in [5.41, 5.74) is 6.98. The van der Waals surface area contributed by atoms with Gasteiger partial charge in [-0.25, -0.2) is 0 Å². The van der Waals surface area contributed by atoms with Gasteiger partial charge in [-0.2, -0.15) is 0 Å². The van der Waals surface area contributed by atoms with E-state index in [2.05, 4.69) is 6.58 Å². The van der Waals surface area contributed by atoms with Crippen LogP contribution < -0.4 is 5.73 Å². The van der Waals surface area contributed by atoms with E-state index in [9.17, 15) is 5.11 Å². The van der Waals surface area contributed by atoms with Crippen molar-refractivity contribution < 1.29 is 5.11 Å². The molecule has 0 unspecified atom stereocenters. The lowest BCUT2D eigenvalue weighted by Crippen LogP contribution is -2.10. The fourth-order valence-electron chi connectivity index (χ4n) is 2.12. The Balaban J connectivity index is 0.00000162. The largest absolute Gasteiger partial charge is 0.508 e. The summed E-state index contributed by atoms with van der Waals surface area (Å²) in [5.74, 6) is 0.278. The predicted octanol–water partition coefficient (Wildman–Crippen LogP) is 3.93. The molecule has 0 bridgehead atoms. The Morgan fingerprint density at radius 1 is 1.22 bits per heavy atom. The van der Waals surface area contributed by atoms with Gasteiger partial charge in [0.1, 0.15) is 5.75 Å². The number of fused-ring (bicyclic) bond motifs is 1. The van der Waals surface area contributed by atoms with E-state index in [-0.39, 0.29) is 24.2 Å². The summed E-state index contributed by atoms with van der Waals surface area (Å²) in [5, 5.41) is 12.1. The van der Waals surface area contributed by atoms with E-state index >= 15 is 0 Å². The average molecular weight is 264 g/mol. The first kappa shape index (κ1) is 14.6. The molecule has 18 heavy (non-hydrogen) atoms. The van der Waals surface area contributed by atoms with Crippen LogP contribution in [0.15, 0.2) is 49.1 Å². The highest BCUT2D eigenvalue weighted by molar-refractivity contribution is 5.88. The Morgan fingerprint density at radius 3 is 2.67 bits per heavy atom. The minimum absolute atomic E-state index is 0. The van der Waals surface area contributed by atoms with Crippen LogP contribution in [-0.2, 0) is 0 Å². The molecule has 0 aliphatic carbocycles. The number of phenolic OH excluding ortho intramolecular Hbond substituents is 1. The molecule has 0 radical (unpaired) electrons. The molecule has 3 N–H and O–H groups in total. The van der Waals surface area contributed by atoms with Crippen molar-refractivity contribution >= 4 is 23.2 Å². The second-order valence-corrected chi connectivity index (χ2v) is 4.19. The first-order valence-corrected chi connectivity index (χ1v) is 5.81. The Morgan fingerprint density at radius 2 is 1.94 bits per heavy atom. The fourth-order valence-corrected chi connectivity index (χ4v) is 2.12. The molecule has 2 aromatic rings. The molecule has 1 atom stereocenters.